The van der Waals surface area contributed by atoms with Crippen molar-refractivity contribution in [2.24, 2.45) is 0 Å². The van der Waals surface area contributed by atoms with Gasteiger partial charge >= 0.3 is 7.60 Å². The molecule has 0 aromatic carbocycles. The first-order chi connectivity index (χ1) is 6.49. The van der Waals surface area contributed by atoms with Gasteiger partial charge < -0.3 is 15.1 Å². The molecular weight excluding hydrogens is 263 g/mol. The Morgan fingerprint density at radius 2 is 2.20 bits per heavy atom. The van der Waals surface area contributed by atoms with Gasteiger partial charge in [0.1, 0.15) is 6.29 Å². The van der Waals surface area contributed by atoms with Crippen molar-refractivity contribution in [3.05, 3.63) is 30.1 Å². The fourth-order valence-corrected chi connectivity index (χ4v) is 1.12. The number of rotatable bonds is 3. The zero-order valence-electron chi connectivity index (χ0n) is 7.48. The zero-order chi connectivity index (χ0) is 10.6. The molecule has 84 valence electrons. The summed E-state index contributed by atoms with van der Waals surface area (Å²) in [6.07, 6.45) is 2.15. The van der Waals surface area contributed by atoms with Gasteiger partial charge in [-0.2, -0.15) is 0 Å². The van der Waals surface area contributed by atoms with Crippen LogP contribution in [-0.2, 0) is 21.6 Å². The van der Waals surface area contributed by atoms with Gasteiger partial charge in [0.05, 0.1) is 5.56 Å². The van der Waals surface area contributed by atoms with Gasteiger partial charge in [-0.05, 0) is 12.1 Å². The Morgan fingerprint density at radius 3 is 2.67 bits per heavy atom. The minimum Gasteiger partial charge on any atom is -0.340 e. The van der Waals surface area contributed by atoms with Gasteiger partial charge in [-0.3, -0.25) is 14.3 Å². The maximum Gasteiger partial charge on any atom is 0.344 e. The first-order valence-electron chi connectivity index (χ1n) is 3.72. The quantitative estimate of drug-likeness (QED) is 0.529. The van der Waals surface area contributed by atoms with E-state index >= 15 is 0 Å². The number of carbonyl (C=O) groups is 1. The minimum absolute atomic E-state index is 0. The second kappa shape index (κ2) is 6.00. The number of aromatic nitrogens is 1. The molecule has 0 saturated heterocycles. The van der Waals surface area contributed by atoms with Gasteiger partial charge in [-0.15, -0.1) is 0 Å². The number of amides is 1. The summed E-state index contributed by atoms with van der Waals surface area (Å²) in [5, 5.41) is 2.10. The summed E-state index contributed by atoms with van der Waals surface area (Å²) in [4.78, 5) is 31.9. The van der Waals surface area contributed by atoms with Gasteiger partial charge in [0.15, 0.2) is 0 Å². The van der Waals surface area contributed by atoms with E-state index in [1.54, 1.807) is 6.07 Å². The molecule has 0 fully saturated rings. The Bertz CT molecular complexity index is 367. The summed E-state index contributed by atoms with van der Waals surface area (Å²) in [6.45, 7) is 0. The number of hydrogen-bond donors (Lipinski definition) is 3. The average molecular weight is 272 g/mol. The molecule has 0 atom stereocenters. The first-order valence-corrected chi connectivity index (χ1v) is 5.51. The van der Waals surface area contributed by atoms with E-state index in [4.69, 9.17) is 9.79 Å². The Labute approximate surface area is 96.7 Å². The van der Waals surface area contributed by atoms with E-state index in [0.29, 0.717) is 0 Å². The van der Waals surface area contributed by atoms with Crippen molar-refractivity contribution in [3.63, 3.8) is 0 Å². The fraction of sp³-hybridized carbons (Fsp3) is 0.143. The molecule has 0 unspecified atom stereocenters. The molecule has 15 heavy (non-hydrogen) atoms. The first kappa shape index (κ1) is 14.3. The number of hydrogen-bond acceptors (Lipinski definition) is 3. The summed E-state index contributed by atoms with van der Waals surface area (Å²) in [5.41, 5.74) is 0.265. The molecule has 6 nitrogen and oxygen atoms in total. The molecule has 3 N–H and O–H groups in total. The Kier molecular flexibility index (Phi) is 5.72. The van der Waals surface area contributed by atoms with Crippen LogP contribution < -0.4 is 5.32 Å². The fourth-order valence-electron chi connectivity index (χ4n) is 0.774. The molecule has 1 rings (SSSR count). The van der Waals surface area contributed by atoms with Crippen LogP contribution in [0.1, 0.15) is 10.4 Å². The van der Waals surface area contributed by atoms with Crippen molar-refractivity contribution in [1.82, 2.24) is 10.3 Å². The molecule has 0 spiro atoms. The topological polar surface area (TPSA) is 99.5 Å². The maximum absolute atomic E-state index is 11.2. The average Bonchev–Trinajstić information content (AvgIpc) is 2.14. The van der Waals surface area contributed by atoms with Crippen LogP contribution >= 0.6 is 7.60 Å². The van der Waals surface area contributed by atoms with Crippen molar-refractivity contribution >= 4 is 13.5 Å². The third kappa shape index (κ3) is 5.67. The third-order valence-corrected chi connectivity index (χ3v) is 1.94. The van der Waals surface area contributed by atoms with Crippen molar-refractivity contribution < 1.29 is 36.2 Å². The van der Waals surface area contributed by atoms with E-state index in [1.165, 1.54) is 18.5 Å². The van der Waals surface area contributed by atoms with Crippen LogP contribution in [0.5, 0.6) is 0 Å². The molecule has 1 heterocycles. The van der Waals surface area contributed by atoms with Crippen LogP contribution in [0.25, 0.3) is 0 Å². The normalized spacial score (nSPS) is 10.3. The number of nitrogens with one attached hydrogen (secondary N) is 1. The summed E-state index contributed by atoms with van der Waals surface area (Å²) in [6, 6.07) is 3.06. The molecule has 1 aromatic rings. The standard InChI is InChI=1S/C7H9N2O4P.Fe/c10-7(9-5-14(11,12)13)6-2-1-3-8-4-6;/h1-4H,5H2,(H,9,10)(H2,11,12,13);. The summed E-state index contributed by atoms with van der Waals surface area (Å²) >= 11 is 0. The van der Waals surface area contributed by atoms with E-state index in [-0.39, 0.29) is 22.6 Å². The van der Waals surface area contributed by atoms with Gasteiger partial charge in [0.25, 0.3) is 5.91 Å². The van der Waals surface area contributed by atoms with E-state index in [9.17, 15) is 9.36 Å². The maximum atomic E-state index is 11.2. The molecule has 0 bridgehead atoms. The summed E-state index contributed by atoms with van der Waals surface area (Å²) < 4.78 is 10.4. The minimum atomic E-state index is -4.19. The molecule has 8 heteroatoms. The molecule has 0 saturated carbocycles. The molecule has 0 aliphatic carbocycles. The Hall–Kier alpha value is -0.711. The van der Waals surface area contributed by atoms with Crippen LogP contribution in [0.2, 0.25) is 0 Å². The summed E-state index contributed by atoms with van der Waals surface area (Å²) in [7, 11) is -4.19. The van der Waals surface area contributed by atoms with Crippen molar-refractivity contribution in [2.75, 3.05) is 6.29 Å². The molecule has 0 radical (unpaired) electrons. The Balaban J connectivity index is 0.00000196. The monoisotopic (exact) mass is 272 g/mol. The second-order valence-electron chi connectivity index (χ2n) is 2.57. The number of pyridine rings is 1. The summed E-state index contributed by atoms with van der Waals surface area (Å²) in [5.74, 6) is -0.554. The predicted octanol–water partition coefficient (Wildman–Crippen LogP) is -0.0559. The largest absolute Gasteiger partial charge is 0.344 e. The van der Waals surface area contributed by atoms with Gasteiger partial charge in [0, 0.05) is 29.5 Å². The van der Waals surface area contributed by atoms with Crippen molar-refractivity contribution in [2.45, 2.75) is 0 Å². The van der Waals surface area contributed by atoms with Crippen molar-refractivity contribution in [1.29, 1.82) is 0 Å². The van der Waals surface area contributed by atoms with Crippen molar-refractivity contribution in [3.8, 4) is 0 Å². The molecule has 1 aromatic heterocycles. The SMILES string of the molecule is O=C(NCP(=O)(O)O)c1cccnc1.[Fe]. The van der Waals surface area contributed by atoms with Gasteiger partial charge in [0.2, 0.25) is 0 Å². The van der Waals surface area contributed by atoms with Gasteiger partial charge in [-0.25, -0.2) is 0 Å². The van der Waals surface area contributed by atoms with Crippen LogP contribution in [0.15, 0.2) is 24.5 Å². The molecule has 0 aliphatic heterocycles. The second-order valence-corrected chi connectivity index (χ2v) is 4.22. The van der Waals surface area contributed by atoms with Crippen LogP contribution in [0, 0.1) is 0 Å². The molecule has 0 aliphatic rings. The van der Waals surface area contributed by atoms with Gasteiger partial charge in [-0.1, -0.05) is 0 Å². The van der Waals surface area contributed by atoms with Crippen LogP contribution in [0.4, 0.5) is 0 Å². The smallest absolute Gasteiger partial charge is 0.340 e. The Morgan fingerprint density at radius 1 is 1.53 bits per heavy atom. The van der Waals surface area contributed by atoms with E-state index in [2.05, 4.69) is 10.3 Å². The third-order valence-electron chi connectivity index (χ3n) is 1.37. The van der Waals surface area contributed by atoms with E-state index in [1.807, 2.05) is 0 Å². The predicted molar refractivity (Wildman–Crippen MR) is 48.6 cm³/mol. The van der Waals surface area contributed by atoms with Crippen LogP contribution in [0.3, 0.4) is 0 Å². The molecule has 1 amide bonds. The zero-order valence-corrected chi connectivity index (χ0v) is 9.47. The number of nitrogens with zero attached hydrogens (tertiary/aromatic N) is 1. The molecular formula is C7H9FeN2O4P. The van der Waals surface area contributed by atoms with E-state index < -0.39 is 19.8 Å². The van der Waals surface area contributed by atoms with Crippen LogP contribution in [-0.4, -0.2) is 27.0 Å². The van der Waals surface area contributed by atoms with E-state index in [0.717, 1.165) is 0 Å². The number of carbonyl (C=O) groups excluding carboxylic acids is 1.